The van der Waals surface area contributed by atoms with Gasteiger partial charge in [0.25, 0.3) is 5.91 Å². The topological polar surface area (TPSA) is 56.2 Å². The quantitative estimate of drug-likeness (QED) is 0.895. The highest BCUT2D eigenvalue weighted by Gasteiger charge is 2.22. The zero-order valence-corrected chi connectivity index (χ0v) is 15.1. The predicted molar refractivity (Wildman–Crippen MR) is 94.4 cm³/mol. The largest absolute Gasteiger partial charge is 0.376 e. The smallest absolute Gasteiger partial charge is 0.255 e. The molecule has 2 aromatic rings. The second-order valence-corrected chi connectivity index (χ2v) is 6.72. The molecule has 1 aliphatic heterocycles. The van der Waals surface area contributed by atoms with Crippen molar-refractivity contribution in [2.24, 2.45) is 0 Å². The number of ether oxygens (including phenoxy) is 1. The number of hydrogen-bond acceptors (Lipinski definition) is 3. The molecule has 0 aliphatic carbocycles. The minimum atomic E-state index is -0.133. The molecule has 0 radical (unpaired) electrons. The maximum Gasteiger partial charge on any atom is 0.255 e. The molecule has 2 heterocycles. The van der Waals surface area contributed by atoms with Gasteiger partial charge in [0, 0.05) is 13.2 Å². The molecule has 0 bridgehead atoms. The molecule has 3 rings (SSSR count). The minimum absolute atomic E-state index is 0.111. The normalized spacial score (nSPS) is 17.2. The van der Waals surface area contributed by atoms with Crippen molar-refractivity contribution in [1.29, 1.82) is 0 Å². The zero-order valence-electron chi connectivity index (χ0n) is 13.6. The Kier molecular flexibility index (Phi) is 5.13. The first kappa shape index (κ1) is 17.3. The molecule has 7 heteroatoms. The second kappa shape index (κ2) is 7.13. The number of nitrogens with zero attached hydrogens (tertiary/aromatic N) is 2. The molecule has 1 aromatic carbocycles. The predicted octanol–water partition coefficient (Wildman–Crippen LogP) is 3.70. The number of halogens is 2. The zero-order chi connectivity index (χ0) is 17.3. The van der Waals surface area contributed by atoms with Gasteiger partial charge in [0.15, 0.2) is 0 Å². The molecule has 24 heavy (non-hydrogen) atoms. The third kappa shape index (κ3) is 3.43. The summed E-state index contributed by atoms with van der Waals surface area (Å²) in [6.45, 7) is 4.98. The fraction of sp³-hybridized carbons (Fsp3) is 0.412. The van der Waals surface area contributed by atoms with Gasteiger partial charge >= 0.3 is 0 Å². The molecule has 1 aliphatic rings. The SMILES string of the molecule is Cc1nn(-c2ccc(Cl)c(Cl)c2)c(C)c1C(=O)NCC1CCCO1. The Morgan fingerprint density at radius 3 is 2.83 bits per heavy atom. The number of nitrogens with one attached hydrogen (secondary N) is 1. The summed E-state index contributed by atoms with van der Waals surface area (Å²) in [5.41, 5.74) is 2.78. The number of rotatable bonds is 4. The van der Waals surface area contributed by atoms with Gasteiger partial charge in [-0.15, -0.1) is 0 Å². The van der Waals surface area contributed by atoms with Gasteiger partial charge in [-0.3, -0.25) is 4.79 Å². The fourth-order valence-corrected chi connectivity index (χ4v) is 3.23. The number of carbonyl (C=O) groups excluding carboxylic acids is 1. The lowest BCUT2D eigenvalue weighted by molar-refractivity contribution is 0.0856. The van der Waals surface area contributed by atoms with E-state index in [1.54, 1.807) is 16.8 Å². The van der Waals surface area contributed by atoms with E-state index in [4.69, 9.17) is 27.9 Å². The lowest BCUT2D eigenvalue weighted by Gasteiger charge is -2.11. The van der Waals surface area contributed by atoms with E-state index in [2.05, 4.69) is 10.4 Å². The van der Waals surface area contributed by atoms with E-state index in [0.29, 0.717) is 27.8 Å². The van der Waals surface area contributed by atoms with Gasteiger partial charge in [-0.2, -0.15) is 5.10 Å². The van der Waals surface area contributed by atoms with E-state index < -0.39 is 0 Å². The Hall–Kier alpha value is -1.56. The molecule has 1 saturated heterocycles. The highest BCUT2D eigenvalue weighted by Crippen LogP contribution is 2.26. The first-order valence-corrected chi connectivity index (χ1v) is 8.64. The van der Waals surface area contributed by atoms with Crippen LogP contribution in [0, 0.1) is 13.8 Å². The number of hydrogen-bond donors (Lipinski definition) is 1. The molecule has 0 spiro atoms. The van der Waals surface area contributed by atoms with E-state index in [0.717, 1.165) is 30.8 Å². The van der Waals surface area contributed by atoms with Crippen molar-refractivity contribution in [3.8, 4) is 5.69 Å². The molecule has 1 unspecified atom stereocenters. The summed E-state index contributed by atoms with van der Waals surface area (Å²) in [5, 5.41) is 8.35. The number of aryl methyl sites for hydroxylation is 1. The maximum atomic E-state index is 12.5. The van der Waals surface area contributed by atoms with Gasteiger partial charge in [0.05, 0.1) is 38.8 Å². The van der Waals surface area contributed by atoms with Crippen LogP contribution in [-0.2, 0) is 4.74 Å². The summed E-state index contributed by atoms with van der Waals surface area (Å²) in [5.74, 6) is -0.133. The van der Waals surface area contributed by atoms with E-state index in [1.165, 1.54) is 0 Å². The summed E-state index contributed by atoms with van der Waals surface area (Å²) in [6.07, 6.45) is 2.15. The summed E-state index contributed by atoms with van der Waals surface area (Å²) >= 11 is 12.0. The number of aromatic nitrogens is 2. The van der Waals surface area contributed by atoms with Crippen LogP contribution in [0.4, 0.5) is 0 Å². The van der Waals surface area contributed by atoms with Crippen LogP contribution in [0.5, 0.6) is 0 Å². The van der Waals surface area contributed by atoms with Crippen molar-refractivity contribution in [1.82, 2.24) is 15.1 Å². The Balaban J connectivity index is 1.82. The third-order valence-electron chi connectivity index (χ3n) is 4.18. The van der Waals surface area contributed by atoms with Crippen LogP contribution >= 0.6 is 23.2 Å². The molecule has 1 fully saturated rings. The van der Waals surface area contributed by atoms with Gasteiger partial charge in [-0.25, -0.2) is 4.68 Å². The van der Waals surface area contributed by atoms with Crippen molar-refractivity contribution >= 4 is 29.1 Å². The summed E-state index contributed by atoms with van der Waals surface area (Å²) in [7, 11) is 0. The highest BCUT2D eigenvalue weighted by atomic mass is 35.5. The van der Waals surface area contributed by atoms with Crippen molar-refractivity contribution in [3.63, 3.8) is 0 Å². The Labute approximate surface area is 150 Å². The molecule has 5 nitrogen and oxygen atoms in total. The summed E-state index contributed by atoms with van der Waals surface area (Å²) in [6, 6.07) is 5.27. The molecular weight excluding hydrogens is 349 g/mol. The van der Waals surface area contributed by atoms with Crippen LogP contribution in [0.3, 0.4) is 0 Å². The second-order valence-electron chi connectivity index (χ2n) is 5.90. The molecule has 1 aromatic heterocycles. The Bertz CT molecular complexity index is 767. The van der Waals surface area contributed by atoms with Gasteiger partial charge < -0.3 is 10.1 Å². The van der Waals surface area contributed by atoms with Crippen molar-refractivity contribution in [2.75, 3.05) is 13.2 Å². The monoisotopic (exact) mass is 367 g/mol. The summed E-state index contributed by atoms with van der Waals surface area (Å²) < 4.78 is 7.24. The van der Waals surface area contributed by atoms with Crippen LogP contribution in [0.25, 0.3) is 5.69 Å². The first-order valence-electron chi connectivity index (χ1n) is 7.89. The van der Waals surface area contributed by atoms with Gasteiger partial charge in [0.1, 0.15) is 0 Å². The average Bonchev–Trinajstić information content (AvgIpc) is 3.16. The maximum absolute atomic E-state index is 12.5. The molecular formula is C17H19Cl2N3O2. The van der Waals surface area contributed by atoms with Crippen LogP contribution in [0.2, 0.25) is 10.0 Å². The van der Waals surface area contributed by atoms with E-state index in [1.807, 2.05) is 19.9 Å². The lowest BCUT2D eigenvalue weighted by Crippen LogP contribution is -2.32. The van der Waals surface area contributed by atoms with E-state index >= 15 is 0 Å². The molecule has 128 valence electrons. The van der Waals surface area contributed by atoms with Crippen LogP contribution in [0.1, 0.15) is 34.6 Å². The lowest BCUT2D eigenvalue weighted by atomic mass is 10.1. The van der Waals surface area contributed by atoms with Crippen molar-refractivity contribution in [2.45, 2.75) is 32.8 Å². The number of benzene rings is 1. The Morgan fingerprint density at radius 1 is 1.38 bits per heavy atom. The molecule has 1 amide bonds. The van der Waals surface area contributed by atoms with E-state index in [9.17, 15) is 4.79 Å². The van der Waals surface area contributed by atoms with Gasteiger partial charge in [-0.05, 0) is 44.9 Å². The molecule has 1 N–H and O–H groups in total. The standard InChI is InChI=1S/C17H19Cl2N3O2/c1-10-16(17(23)20-9-13-4-3-7-24-13)11(2)22(21-10)12-5-6-14(18)15(19)8-12/h5-6,8,13H,3-4,7,9H2,1-2H3,(H,20,23). The number of carbonyl (C=O) groups is 1. The average molecular weight is 368 g/mol. The van der Waals surface area contributed by atoms with Crippen LogP contribution in [0.15, 0.2) is 18.2 Å². The van der Waals surface area contributed by atoms with Gasteiger partial charge in [0.2, 0.25) is 0 Å². The highest BCUT2D eigenvalue weighted by molar-refractivity contribution is 6.42. The van der Waals surface area contributed by atoms with Gasteiger partial charge in [-0.1, -0.05) is 23.2 Å². The van der Waals surface area contributed by atoms with Crippen LogP contribution in [-0.4, -0.2) is 34.9 Å². The number of amides is 1. The fourth-order valence-electron chi connectivity index (χ4n) is 2.94. The van der Waals surface area contributed by atoms with Crippen molar-refractivity contribution in [3.05, 3.63) is 45.2 Å². The third-order valence-corrected chi connectivity index (χ3v) is 4.92. The van der Waals surface area contributed by atoms with Crippen LogP contribution < -0.4 is 5.32 Å². The molecule has 0 saturated carbocycles. The van der Waals surface area contributed by atoms with E-state index in [-0.39, 0.29) is 12.0 Å². The molecule has 1 atom stereocenters. The summed E-state index contributed by atoms with van der Waals surface area (Å²) in [4.78, 5) is 12.5. The minimum Gasteiger partial charge on any atom is -0.376 e. The Morgan fingerprint density at radius 2 is 2.17 bits per heavy atom. The first-order chi connectivity index (χ1) is 11.5. The van der Waals surface area contributed by atoms with Crippen molar-refractivity contribution < 1.29 is 9.53 Å².